The molecule has 184 valence electrons. The highest BCUT2D eigenvalue weighted by molar-refractivity contribution is 7.13. The van der Waals surface area contributed by atoms with Crippen LogP contribution in [0.2, 0.25) is 0 Å². The van der Waals surface area contributed by atoms with E-state index in [9.17, 15) is 14.7 Å². The number of anilines is 1. The summed E-state index contributed by atoms with van der Waals surface area (Å²) in [6.07, 6.45) is 4.65. The van der Waals surface area contributed by atoms with E-state index in [2.05, 4.69) is 11.9 Å². The van der Waals surface area contributed by atoms with Crippen molar-refractivity contribution in [1.29, 1.82) is 0 Å². The third-order valence-electron chi connectivity index (χ3n) is 5.63. The first-order chi connectivity index (χ1) is 17.0. The van der Waals surface area contributed by atoms with Gasteiger partial charge in [0.25, 0.3) is 5.91 Å². The molecule has 1 amide bonds. The van der Waals surface area contributed by atoms with Crippen molar-refractivity contribution in [2.75, 3.05) is 18.1 Å². The van der Waals surface area contributed by atoms with E-state index in [1.165, 1.54) is 22.3 Å². The van der Waals surface area contributed by atoms with Crippen LogP contribution in [-0.2, 0) is 4.79 Å². The number of aliphatic hydroxyl groups is 1. The summed E-state index contributed by atoms with van der Waals surface area (Å²) in [7, 11) is 0. The standard InChI is InChI=1S/C26H28N2O6S/c1-4-6-7-13-33-18-11-9-17(15-20(18)32-5-2)22-21(23(29)19-10-8-16(3)34-19)24(30)25(31)28(22)26-27-12-14-35-26/h8-12,14-15,22,30H,4-7,13H2,1-3H3. The Morgan fingerprint density at radius 3 is 2.66 bits per heavy atom. The number of Topliss-reactive ketones (excluding diaryl/α,β-unsaturated/α-hetero) is 1. The Balaban J connectivity index is 1.77. The van der Waals surface area contributed by atoms with E-state index in [4.69, 9.17) is 13.9 Å². The molecule has 8 nitrogen and oxygen atoms in total. The average molecular weight is 497 g/mol. The van der Waals surface area contributed by atoms with Crippen molar-refractivity contribution in [2.24, 2.45) is 0 Å². The summed E-state index contributed by atoms with van der Waals surface area (Å²) in [5, 5.41) is 12.9. The average Bonchev–Trinajstić information content (AvgIpc) is 3.58. The Labute approximate surface area is 207 Å². The lowest BCUT2D eigenvalue weighted by molar-refractivity contribution is -0.117. The van der Waals surface area contributed by atoms with Gasteiger partial charge < -0.3 is 19.0 Å². The number of furan rings is 1. The molecular weight excluding hydrogens is 468 g/mol. The molecule has 0 spiro atoms. The first kappa shape index (κ1) is 24.5. The number of nitrogens with zero attached hydrogens (tertiary/aromatic N) is 2. The van der Waals surface area contributed by atoms with Crippen molar-refractivity contribution in [1.82, 2.24) is 4.98 Å². The molecular formula is C26H28N2O6S. The molecule has 1 aliphatic heterocycles. The number of carbonyl (C=O) groups is 2. The summed E-state index contributed by atoms with van der Waals surface area (Å²) >= 11 is 1.24. The van der Waals surface area contributed by atoms with Gasteiger partial charge in [0.1, 0.15) is 5.76 Å². The van der Waals surface area contributed by atoms with Crippen LogP contribution in [-0.4, -0.2) is 35.0 Å². The number of rotatable bonds is 11. The van der Waals surface area contributed by atoms with Gasteiger partial charge in [-0.05, 0) is 50.1 Å². The molecule has 0 bridgehead atoms. The van der Waals surface area contributed by atoms with Crippen LogP contribution in [0, 0.1) is 6.92 Å². The van der Waals surface area contributed by atoms with Gasteiger partial charge >= 0.3 is 0 Å². The zero-order valence-corrected chi connectivity index (χ0v) is 20.8. The molecule has 35 heavy (non-hydrogen) atoms. The van der Waals surface area contributed by atoms with E-state index < -0.39 is 23.5 Å². The van der Waals surface area contributed by atoms with Crippen LogP contribution in [0.4, 0.5) is 5.13 Å². The van der Waals surface area contributed by atoms with Crippen molar-refractivity contribution < 1.29 is 28.6 Å². The highest BCUT2D eigenvalue weighted by Gasteiger charge is 2.46. The SMILES string of the molecule is CCCCCOc1ccc(C2C(C(=O)c3ccc(C)o3)=C(O)C(=O)N2c2nccs2)cc1OCC. The first-order valence-electron chi connectivity index (χ1n) is 11.6. The van der Waals surface area contributed by atoms with E-state index in [1.807, 2.05) is 6.92 Å². The molecule has 3 heterocycles. The summed E-state index contributed by atoms with van der Waals surface area (Å²) in [6, 6.07) is 7.56. The van der Waals surface area contributed by atoms with Gasteiger partial charge in [0.05, 0.1) is 24.8 Å². The van der Waals surface area contributed by atoms with Crippen molar-refractivity contribution in [3.05, 3.63) is 70.3 Å². The predicted molar refractivity (Wildman–Crippen MR) is 132 cm³/mol. The van der Waals surface area contributed by atoms with Crippen molar-refractivity contribution in [3.63, 3.8) is 0 Å². The summed E-state index contributed by atoms with van der Waals surface area (Å²) < 4.78 is 17.3. The number of aliphatic hydroxyl groups excluding tert-OH is 1. The number of ether oxygens (including phenoxy) is 2. The first-order valence-corrected chi connectivity index (χ1v) is 12.5. The quantitative estimate of drug-likeness (QED) is 0.265. The molecule has 1 aromatic carbocycles. The Morgan fingerprint density at radius 2 is 2.00 bits per heavy atom. The smallest absolute Gasteiger partial charge is 0.296 e. The Bertz CT molecular complexity index is 1230. The van der Waals surface area contributed by atoms with Crippen molar-refractivity contribution in [3.8, 4) is 11.5 Å². The molecule has 2 aromatic heterocycles. The Hall–Kier alpha value is -3.59. The van der Waals surface area contributed by atoms with Gasteiger partial charge in [0.15, 0.2) is 28.1 Å². The van der Waals surface area contributed by atoms with Crippen LogP contribution in [0.25, 0.3) is 0 Å². The normalized spacial score (nSPS) is 15.7. The Morgan fingerprint density at radius 1 is 1.17 bits per heavy atom. The number of thiazole rings is 1. The van der Waals surface area contributed by atoms with Gasteiger partial charge in [-0.3, -0.25) is 14.5 Å². The number of benzene rings is 1. The number of aromatic nitrogens is 1. The van der Waals surface area contributed by atoms with Crippen molar-refractivity contribution >= 4 is 28.2 Å². The highest BCUT2D eigenvalue weighted by Crippen LogP contribution is 2.44. The molecule has 0 radical (unpaired) electrons. The molecule has 4 rings (SSSR count). The number of hydrogen-bond acceptors (Lipinski definition) is 8. The molecule has 1 unspecified atom stereocenters. The number of hydrogen-bond donors (Lipinski definition) is 1. The number of unbranched alkanes of at least 4 members (excludes halogenated alkanes) is 2. The van der Waals surface area contributed by atoms with Gasteiger partial charge in [-0.2, -0.15) is 0 Å². The van der Waals surface area contributed by atoms with E-state index >= 15 is 0 Å². The molecule has 1 N–H and O–H groups in total. The molecule has 9 heteroatoms. The lowest BCUT2D eigenvalue weighted by atomic mass is 9.95. The summed E-state index contributed by atoms with van der Waals surface area (Å²) in [4.78, 5) is 32.2. The number of amides is 1. The van der Waals surface area contributed by atoms with E-state index in [-0.39, 0.29) is 11.3 Å². The van der Waals surface area contributed by atoms with Gasteiger partial charge in [-0.15, -0.1) is 11.3 Å². The molecule has 0 fully saturated rings. The predicted octanol–water partition coefficient (Wildman–Crippen LogP) is 5.80. The lowest BCUT2D eigenvalue weighted by Gasteiger charge is -2.25. The number of ketones is 1. The van der Waals surface area contributed by atoms with Crippen molar-refractivity contribution in [2.45, 2.75) is 46.1 Å². The van der Waals surface area contributed by atoms with Gasteiger partial charge in [0.2, 0.25) is 5.78 Å². The zero-order valence-electron chi connectivity index (χ0n) is 19.9. The maximum absolute atomic E-state index is 13.4. The third-order valence-corrected chi connectivity index (χ3v) is 6.40. The summed E-state index contributed by atoms with van der Waals surface area (Å²) in [6.45, 7) is 6.69. The fraction of sp³-hybridized carbons (Fsp3) is 0.346. The molecule has 3 aromatic rings. The van der Waals surface area contributed by atoms with E-state index in [1.54, 1.807) is 42.8 Å². The maximum Gasteiger partial charge on any atom is 0.296 e. The van der Waals surface area contributed by atoms with Crippen LogP contribution >= 0.6 is 11.3 Å². The second-order valence-electron chi connectivity index (χ2n) is 8.09. The van der Waals surface area contributed by atoms with Crippen LogP contribution in [0.1, 0.15) is 61.0 Å². The zero-order chi connectivity index (χ0) is 24.9. The molecule has 1 aliphatic rings. The fourth-order valence-electron chi connectivity index (χ4n) is 3.99. The maximum atomic E-state index is 13.4. The highest BCUT2D eigenvalue weighted by atomic mass is 32.1. The van der Waals surface area contributed by atoms with Gasteiger partial charge in [0, 0.05) is 11.6 Å². The molecule has 0 saturated carbocycles. The van der Waals surface area contributed by atoms with Crippen LogP contribution < -0.4 is 14.4 Å². The minimum Gasteiger partial charge on any atom is -0.503 e. The molecule has 0 saturated heterocycles. The van der Waals surface area contributed by atoms with E-state index in [0.29, 0.717) is 41.2 Å². The second kappa shape index (κ2) is 10.8. The summed E-state index contributed by atoms with van der Waals surface area (Å²) in [5.41, 5.74) is 0.507. The molecule has 1 atom stereocenters. The third kappa shape index (κ3) is 4.95. The minimum atomic E-state index is -0.917. The van der Waals surface area contributed by atoms with Crippen LogP contribution in [0.15, 0.2) is 57.7 Å². The van der Waals surface area contributed by atoms with E-state index in [0.717, 1.165) is 19.3 Å². The largest absolute Gasteiger partial charge is 0.503 e. The second-order valence-corrected chi connectivity index (χ2v) is 8.96. The van der Waals surface area contributed by atoms with Crippen LogP contribution in [0.3, 0.4) is 0 Å². The van der Waals surface area contributed by atoms with Gasteiger partial charge in [-0.25, -0.2) is 4.98 Å². The summed E-state index contributed by atoms with van der Waals surface area (Å²) in [5.74, 6) is -0.208. The van der Waals surface area contributed by atoms with Crippen LogP contribution in [0.5, 0.6) is 11.5 Å². The fourth-order valence-corrected chi connectivity index (χ4v) is 4.66. The number of carbonyl (C=O) groups excluding carboxylic acids is 2. The monoisotopic (exact) mass is 496 g/mol. The van der Waals surface area contributed by atoms with Gasteiger partial charge in [-0.1, -0.05) is 25.8 Å². The minimum absolute atomic E-state index is 0.0451. The lowest BCUT2D eigenvalue weighted by Crippen LogP contribution is -2.31. The Kier molecular flexibility index (Phi) is 7.55. The topological polar surface area (TPSA) is 102 Å². The molecule has 0 aliphatic carbocycles. The number of aryl methyl sites for hydroxylation is 1.